The maximum atomic E-state index is 10.5. The maximum Gasteiger partial charge on any atom is 0.293 e. The molecule has 0 fully saturated rings. The number of hydrogen-bond acceptors (Lipinski definition) is 5. The number of pyridine rings is 1. The van der Waals surface area contributed by atoms with Crippen LogP contribution in [0.1, 0.15) is 16.8 Å². The largest absolute Gasteiger partial charge is 0.497 e. The number of hydrogen-bond donors (Lipinski definition) is 0. The Balaban J connectivity index is 1.99. The first kappa shape index (κ1) is 15.0. The second-order valence-electron chi connectivity index (χ2n) is 5.19. The van der Waals surface area contributed by atoms with Gasteiger partial charge in [-0.1, -0.05) is 12.1 Å². The molecule has 0 amide bonds. The van der Waals surface area contributed by atoms with Crippen molar-refractivity contribution < 1.29 is 14.3 Å². The third-order valence-corrected chi connectivity index (χ3v) is 3.72. The van der Waals surface area contributed by atoms with Gasteiger partial charge in [-0.05, 0) is 24.6 Å². The summed E-state index contributed by atoms with van der Waals surface area (Å²) in [6, 6.07) is 7.88. The molecule has 0 unspecified atom stereocenters. The number of imidazole rings is 1. The molecule has 0 spiro atoms. The molecule has 0 saturated carbocycles. The van der Waals surface area contributed by atoms with Gasteiger partial charge < -0.3 is 14.0 Å². The Morgan fingerprint density at radius 3 is 2.70 bits per heavy atom. The molecule has 0 aliphatic rings. The van der Waals surface area contributed by atoms with E-state index in [1.165, 1.54) is 0 Å². The Bertz CT molecular complexity index is 825. The third-order valence-electron chi connectivity index (χ3n) is 3.72. The van der Waals surface area contributed by atoms with Crippen LogP contribution in [0.25, 0.3) is 11.0 Å². The van der Waals surface area contributed by atoms with Crippen LogP contribution in [0.4, 0.5) is 0 Å². The zero-order valence-electron chi connectivity index (χ0n) is 13.0. The van der Waals surface area contributed by atoms with E-state index in [0.29, 0.717) is 13.0 Å². The second-order valence-corrected chi connectivity index (χ2v) is 5.19. The van der Waals surface area contributed by atoms with Gasteiger partial charge in [-0.2, -0.15) is 0 Å². The number of carbonyl (C=O) groups is 1. The lowest BCUT2D eigenvalue weighted by molar-refractivity contribution is -0.129. The Labute approximate surface area is 133 Å². The average Bonchev–Trinajstić information content (AvgIpc) is 3.00. The van der Waals surface area contributed by atoms with Crippen LogP contribution < -0.4 is 4.74 Å². The van der Waals surface area contributed by atoms with E-state index in [9.17, 15) is 4.79 Å². The van der Waals surface area contributed by atoms with Gasteiger partial charge in [0, 0.05) is 18.3 Å². The highest BCUT2D eigenvalue weighted by atomic mass is 16.5. The van der Waals surface area contributed by atoms with E-state index in [4.69, 9.17) is 9.47 Å². The summed E-state index contributed by atoms with van der Waals surface area (Å²) in [7, 11) is 1.65. The fraction of sp³-hybridized carbons (Fsp3) is 0.235. The molecule has 0 atom stereocenters. The number of benzene rings is 1. The molecule has 23 heavy (non-hydrogen) atoms. The molecule has 118 valence electrons. The van der Waals surface area contributed by atoms with Crippen LogP contribution in [-0.4, -0.2) is 28.1 Å². The van der Waals surface area contributed by atoms with E-state index < -0.39 is 0 Å². The predicted octanol–water partition coefficient (Wildman–Crippen LogP) is 2.47. The molecule has 3 aromatic rings. The minimum atomic E-state index is 0.182. The van der Waals surface area contributed by atoms with Crippen molar-refractivity contribution >= 4 is 17.5 Å². The fourth-order valence-electron chi connectivity index (χ4n) is 2.56. The number of aryl methyl sites for hydroxylation is 1. The molecule has 0 aliphatic carbocycles. The molecule has 3 rings (SSSR count). The molecule has 2 aromatic heterocycles. The van der Waals surface area contributed by atoms with Crippen LogP contribution >= 0.6 is 0 Å². The molecule has 0 N–H and O–H groups in total. The van der Waals surface area contributed by atoms with E-state index in [-0.39, 0.29) is 6.61 Å². The first-order valence-corrected chi connectivity index (χ1v) is 7.20. The summed E-state index contributed by atoms with van der Waals surface area (Å²) < 4.78 is 12.1. The van der Waals surface area contributed by atoms with Crippen molar-refractivity contribution in [2.45, 2.75) is 20.1 Å². The zero-order chi connectivity index (χ0) is 16.2. The van der Waals surface area contributed by atoms with Crippen molar-refractivity contribution in [3.63, 3.8) is 0 Å². The van der Waals surface area contributed by atoms with Gasteiger partial charge in [0.1, 0.15) is 17.9 Å². The van der Waals surface area contributed by atoms with Crippen molar-refractivity contribution in [3.8, 4) is 5.75 Å². The third kappa shape index (κ3) is 3.01. The average molecular weight is 311 g/mol. The number of fused-ring (bicyclic) bond motifs is 1. The van der Waals surface area contributed by atoms with Crippen LogP contribution in [0, 0.1) is 6.92 Å². The fourth-order valence-corrected chi connectivity index (χ4v) is 2.56. The Morgan fingerprint density at radius 1 is 1.22 bits per heavy atom. The number of carbonyl (C=O) groups excluding carboxylic acids is 1. The number of aromatic nitrogens is 3. The summed E-state index contributed by atoms with van der Waals surface area (Å²) in [6.45, 7) is 3.20. The minimum absolute atomic E-state index is 0.182. The number of methoxy groups -OCH3 is 1. The molecule has 0 aliphatic heterocycles. The van der Waals surface area contributed by atoms with Crippen molar-refractivity contribution in [1.29, 1.82) is 0 Å². The highest BCUT2D eigenvalue weighted by Crippen LogP contribution is 2.22. The van der Waals surface area contributed by atoms with E-state index in [1.54, 1.807) is 19.6 Å². The molecular weight excluding hydrogens is 294 g/mol. The zero-order valence-corrected chi connectivity index (χ0v) is 13.0. The summed E-state index contributed by atoms with van der Waals surface area (Å²) in [6.07, 6.45) is 3.52. The minimum Gasteiger partial charge on any atom is -0.497 e. The van der Waals surface area contributed by atoms with E-state index in [2.05, 4.69) is 9.97 Å². The molecule has 6 nitrogen and oxygen atoms in total. The van der Waals surface area contributed by atoms with Crippen LogP contribution in [0.15, 0.2) is 36.8 Å². The van der Waals surface area contributed by atoms with Gasteiger partial charge in [0.2, 0.25) is 0 Å². The summed E-state index contributed by atoms with van der Waals surface area (Å²) in [4.78, 5) is 19.2. The lowest BCUT2D eigenvalue weighted by Gasteiger charge is -2.09. The van der Waals surface area contributed by atoms with E-state index in [0.717, 1.165) is 33.6 Å². The van der Waals surface area contributed by atoms with Gasteiger partial charge in [0.15, 0.2) is 0 Å². The van der Waals surface area contributed by atoms with Gasteiger partial charge in [0.25, 0.3) is 6.47 Å². The molecule has 1 aromatic carbocycles. The molecule has 0 saturated heterocycles. The number of nitrogens with zero attached hydrogens (tertiary/aromatic N) is 3. The van der Waals surface area contributed by atoms with Gasteiger partial charge in [0.05, 0.1) is 24.6 Å². The van der Waals surface area contributed by atoms with Crippen molar-refractivity contribution in [1.82, 2.24) is 14.5 Å². The van der Waals surface area contributed by atoms with Crippen LogP contribution in [0.3, 0.4) is 0 Å². The SMILES string of the molecule is COc1ccc(Cn2cnc3c(C)ncc(COC=O)c32)cc1. The predicted molar refractivity (Wildman–Crippen MR) is 85.2 cm³/mol. The van der Waals surface area contributed by atoms with Crippen molar-refractivity contribution in [2.24, 2.45) is 0 Å². The van der Waals surface area contributed by atoms with Gasteiger partial charge >= 0.3 is 0 Å². The molecule has 6 heteroatoms. The quantitative estimate of drug-likeness (QED) is 0.654. The van der Waals surface area contributed by atoms with Crippen molar-refractivity contribution in [2.75, 3.05) is 7.11 Å². The van der Waals surface area contributed by atoms with Gasteiger partial charge in [-0.15, -0.1) is 0 Å². The lowest BCUT2D eigenvalue weighted by atomic mass is 10.2. The van der Waals surface area contributed by atoms with Gasteiger partial charge in [-0.3, -0.25) is 9.78 Å². The maximum absolute atomic E-state index is 10.5. The Morgan fingerprint density at radius 2 is 2.00 bits per heavy atom. The second kappa shape index (κ2) is 6.48. The first-order valence-electron chi connectivity index (χ1n) is 7.20. The van der Waals surface area contributed by atoms with Gasteiger partial charge in [-0.25, -0.2) is 4.98 Å². The lowest BCUT2D eigenvalue weighted by Crippen LogP contribution is -2.03. The molecule has 0 radical (unpaired) electrons. The van der Waals surface area contributed by atoms with Crippen molar-refractivity contribution in [3.05, 3.63) is 53.6 Å². The van der Waals surface area contributed by atoms with Crippen LogP contribution in [0.5, 0.6) is 5.75 Å². The van der Waals surface area contributed by atoms with Crippen LogP contribution in [0.2, 0.25) is 0 Å². The molecule has 2 heterocycles. The highest BCUT2D eigenvalue weighted by molar-refractivity contribution is 5.80. The number of ether oxygens (including phenoxy) is 2. The monoisotopic (exact) mass is 311 g/mol. The standard InChI is InChI=1S/C17H17N3O3/c1-12-16-17(14(7-18-12)9-23-11-21)20(10-19-16)8-13-3-5-15(22-2)6-4-13/h3-7,10-11H,8-9H2,1-2H3. The van der Waals surface area contributed by atoms with E-state index >= 15 is 0 Å². The Kier molecular flexibility index (Phi) is 4.23. The summed E-state index contributed by atoms with van der Waals surface area (Å²) >= 11 is 0. The Hall–Kier alpha value is -2.89. The first-order chi connectivity index (χ1) is 11.2. The summed E-state index contributed by atoms with van der Waals surface area (Å²) in [5, 5.41) is 0. The number of rotatable bonds is 6. The normalized spacial score (nSPS) is 10.7. The van der Waals surface area contributed by atoms with Crippen LogP contribution in [-0.2, 0) is 22.7 Å². The topological polar surface area (TPSA) is 66.2 Å². The molecular formula is C17H17N3O3. The molecule has 0 bridgehead atoms. The smallest absolute Gasteiger partial charge is 0.293 e. The summed E-state index contributed by atoms with van der Waals surface area (Å²) in [5.41, 5.74) is 4.58. The van der Waals surface area contributed by atoms with E-state index in [1.807, 2.05) is 35.8 Å². The summed E-state index contributed by atoms with van der Waals surface area (Å²) in [5.74, 6) is 0.823. The highest BCUT2D eigenvalue weighted by Gasteiger charge is 2.12.